The molecule has 2 aliphatic heterocycles. The summed E-state index contributed by atoms with van der Waals surface area (Å²) in [5.41, 5.74) is 2.91. The fraction of sp³-hybridized carbons (Fsp3) is 0.0769. The van der Waals surface area contributed by atoms with Crippen molar-refractivity contribution in [2.45, 2.75) is 13.5 Å². The Balaban J connectivity index is 1.52. The first-order valence-corrected chi connectivity index (χ1v) is 10.9. The van der Waals surface area contributed by atoms with E-state index in [9.17, 15) is 9.18 Å². The summed E-state index contributed by atoms with van der Waals surface area (Å²) >= 11 is 0. The lowest BCUT2D eigenvalue weighted by Gasteiger charge is -2.15. The van der Waals surface area contributed by atoms with Crippen molar-refractivity contribution >= 4 is 10.9 Å². The summed E-state index contributed by atoms with van der Waals surface area (Å²) in [6.45, 7) is 1.87. The van der Waals surface area contributed by atoms with Gasteiger partial charge in [-0.25, -0.2) is 14.1 Å². The van der Waals surface area contributed by atoms with Crippen LogP contribution in [0.5, 0.6) is 0 Å². The minimum atomic E-state index is -0.675. The second-order valence-electron chi connectivity index (χ2n) is 8.24. The fourth-order valence-corrected chi connectivity index (χ4v) is 4.34. The molecule has 2 aliphatic rings. The normalized spacial score (nSPS) is 11.5. The Morgan fingerprint density at radius 3 is 2.57 bits per heavy atom. The van der Waals surface area contributed by atoms with Crippen molar-refractivity contribution < 1.29 is 8.78 Å². The number of pyridine rings is 2. The lowest BCUT2D eigenvalue weighted by Crippen LogP contribution is -2.17. The molecule has 7 nitrogen and oxygen atoms in total. The van der Waals surface area contributed by atoms with Crippen LogP contribution in [0, 0.1) is 18.7 Å². The summed E-state index contributed by atoms with van der Waals surface area (Å²) in [6, 6.07) is 15.8. The molecule has 4 heterocycles. The minimum Gasteiger partial charge on any atom is -0.340 e. The highest BCUT2D eigenvalue weighted by Crippen LogP contribution is 2.30. The third kappa shape index (κ3) is 3.40. The zero-order valence-corrected chi connectivity index (χ0v) is 18.6. The molecule has 9 heteroatoms. The van der Waals surface area contributed by atoms with Gasteiger partial charge in [-0.3, -0.25) is 4.79 Å². The van der Waals surface area contributed by atoms with E-state index in [0.717, 1.165) is 15.9 Å². The van der Waals surface area contributed by atoms with Gasteiger partial charge in [0.15, 0.2) is 0 Å². The second-order valence-corrected chi connectivity index (χ2v) is 8.24. The zero-order chi connectivity index (χ0) is 24.1. The van der Waals surface area contributed by atoms with E-state index in [1.807, 2.05) is 36.5 Å². The van der Waals surface area contributed by atoms with E-state index in [-0.39, 0.29) is 5.56 Å². The van der Waals surface area contributed by atoms with Crippen LogP contribution in [0.1, 0.15) is 11.1 Å². The molecule has 0 spiro atoms. The Bertz CT molecular complexity index is 1720. The van der Waals surface area contributed by atoms with Crippen LogP contribution < -0.4 is 5.56 Å². The summed E-state index contributed by atoms with van der Waals surface area (Å²) in [5.74, 6) is -1.10. The number of benzene rings is 2. The van der Waals surface area contributed by atoms with Gasteiger partial charge in [-0.05, 0) is 42.8 Å². The molecule has 2 aromatic heterocycles. The van der Waals surface area contributed by atoms with E-state index < -0.39 is 17.3 Å². The summed E-state index contributed by atoms with van der Waals surface area (Å²) in [7, 11) is 0. The third-order valence-corrected chi connectivity index (χ3v) is 6.09. The van der Waals surface area contributed by atoms with E-state index >= 15 is 4.39 Å². The van der Waals surface area contributed by atoms with Crippen LogP contribution in [-0.2, 0) is 6.54 Å². The molecule has 0 N–H and O–H groups in total. The Kier molecular flexibility index (Phi) is 4.77. The van der Waals surface area contributed by atoms with Gasteiger partial charge in [0.2, 0.25) is 5.95 Å². The number of nitrogens with zero attached hydrogens (tertiary/aromatic N) is 6. The average molecular weight is 468 g/mol. The van der Waals surface area contributed by atoms with Gasteiger partial charge in [-0.15, -0.1) is 0 Å². The van der Waals surface area contributed by atoms with Crippen LogP contribution in [0.4, 0.5) is 8.78 Å². The molecule has 0 bridgehead atoms. The van der Waals surface area contributed by atoms with Crippen molar-refractivity contribution in [3.05, 3.63) is 113 Å². The van der Waals surface area contributed by atoms with Crippen molar-refractivity contribution in [2.75, 3.05) is 0 Å². The van der Waals surface area contributed by atoms with E-state index in [0.29, 0.717) is 34.4 Å². The molecule has 2 aromatic carbocycles. The largest absolute Gasteiger partial charge is 0.340 e. The smallest absolute Gasteiger partial charge is 0.282 e. The van der Waals surface area contributed by atoms with Crippen LogP contribution in [0.25, 0.3) is 33.5 Å². The van der Waals surface area contributed by atoms with E-state index in [4.69, 9.17) is 0 Å². The summed E-state index contributed by atoms with van der Waals surface area (Å²) < 4.78 is 33.8. The number of hydrogen-bond acceptors (Lipinski definition) is 4. The molecular formula is C26H18F2N6O. The fourth-order valence-electron chi connectivity index (χ4n) is 4.34. The van der Waals surface area contributed by atoms with Gasteiger partial charge in [0.05, 0.1) is 22.5 Å². The van der Waals surface area contributed by atoms with E-state index in [1.54, 1.807) is 33.8 Å². The highest BCUT2D eigenvalue weighted by molar-refractivity contribution is 5.94. The zero-order valence-electron chi connectivity index (χ0n) is 18.6. The summed E-state index contributed by atoms with van der Waals surface area (Å²) in [6.07, 6.45) is 6.45. The molecule has 0 radical (unpaired) electrons. The molecule has 0 saturated heterocycles. The van der Waals surface area contributed by atoms with Crippen LogP contribution in [-0.4, -0.2) is 29.1 Å². The number of halogens is 2. The van der Waals surface area contributed by atoms with Gasteiger partial charge >= 0.3 is 0 Å². The number of para-hydroxylation sites is 1. The molecular weight excluding hydrogens is 450 g/mol. The molecule has 0 amide bonds. The van der Waals surface area contributed by atoms with Crippen LogP contribution >= 0.6 is 0 Å². The van der Waals surface area contributed by atoms with Crippen LogP contribution in [0.2, 0.25) is 0 Å². The molecule has 0 atom stereocenters. The first kappa shape index (κ1) is 20.9. The monoisotopic (exact) mass is 468 g/mol. The number of hydrogen-bond donors (Lipinski definition) is 0. The number of fused-ring (bicyclic) bond motifs is 3. The Labute approximate surface area is 197 Å². The van der Waals surface area contributed by atoms with Gasteiger partial charge < -0.3 is 4.57 Å². The molecule has 0 aliphatic carbocycles. The van der Waals surface area contributed by atoms with Gasteiger partial charge in [-0.2, -0.15) is 19.3 Å². The Morgan fingerprint density at radius 1 is 0.971 bits per heavy atom. The van der Waals surface area contributed by atoms with Crippen molar-refractivity contribution in [2.24, 2.45) is 0 Å². The van der Waals surface area contributed by atoms with Crippen LogP contribution in [0.15, 0.2) is 84.2 Å². The predicted molar refractivity (Wildman–Crippen MR) is 127 cm³/mol. The number of rotatable bonds is 4. The van der Waals surface area contributed by atoms with E-state index in [2.05, 4.69) is 15.2 Å². The number of aromatic nitrogens is 6. The maximum Gasteiger partial charge on any atom is 0.282 e. The molecule has 35 heavy (non-hydrogen) atoms. The molecule has 0 saturated carbocycles. The molecule has 0 fully saturated rings. The summed E-state index contributed by atoms with van der Waals surface area (Å²) in [4.78, 5) is 17.0. The first-order valence-electron chi connectivity index (χ1n) is 10.9. The van der Waals surface area contributed by atoms with E-state index in [1.165, 1.54) is 25.3 Å². The van der Waals surface area contributed by atoms with Crippen LogP contribution in [0.3, 0.4) is 0 Å². The highest BCUT2D eigenvalue weighted by Gasteiger charge is 2.23. The maximum atomic E-state index is 15.1. The quantitative estimate of drug-likeness (QED) is 0.357. The van der Waals surface area contributed by atoms with Crippen molar-refractivity contribution in [1.29, 1.82) is 0 Å². The lowest BCUT2D eigenvalue weighted by atomic mass is 10.1. The molecule has 172 valence electrons. The second kappa shape index (κ2) is 7.98. The maximum absolute atomic E-state index is 15.1. The summed E-state index contributed by atoms with van der Waals surface area (Å²) in [5, 5.41) is 9.19. The topological polar surface area (TPSA) is 70.5 Å². The van der Waals surface area contributed by atoms with Gasteiger partial charge in [-0.1, -0.05) is 24.3 Å². The highest BCUT2D eigenvalue weighted by atomic mass is 19.1. The lowest BCUT2D eigenvalue weighted by molar-refractivity contribution is 0.571. The SMILES string of the molecule is Cc1c(-n2nc3c4cccc(F)c4n(Cc4ccc(-n5cccn5)cc4)cc-3c2=O)ccnc1F. The first-order chi connectivity index (χ1) is 17.0. The average Bonchev–Trinajstić information content (AvgIpc) is 3.51. The molecule has 4 aromatic rings. The molecule has 6 rings (SSSR count). The predicted octanol–water partition coefficient (Wildman–Crippen LogP) is 4.51. The van der Waals surface area contributed by atoms with Gasteiger partial charge in [0, 0.05) is 42.3 Å². The standard InChI is InChI=1S/C26H18F2N6O/c1-16-22(10-12-29-25(16)28)34-26(35)20-15-32(24-19(23(20)31-34)4-2-5-21(24)27)14-17-6-8-18(9-7-17)33-13-3-11-30-33/h2-13,15H,14H2,1H3. The van der Waals surface area contributed by atoms with Crippen molar-refractivity contribution in [3.8, 4) is 22.6 Å². The molecule has 0 unspecified atom stereocenters. The van der Waals surface area contributed by atoms with Crippen molar-refractivity contribution in [1.82, 2.24) is 29.1 Å². The third-order valence-electron chi connectivity index (χ3n) is 6.09. The minimum absolute atomic E-state index is 0.207. The van der Waals surface area contributed by atoms with Gasteiger partial charge in [0.25, 0.3) is 5.56 Å². The Morgan fingerprint density at radius 2 is 1.80 bits per heavy atom. The van der Waals surface area contributed by atoms with Crippen molar-refractivity contribution in [3.63, 3.8) is 0 Å². The van der Waals surface area contributed by atoms with Gasteiger partial charge in [0.1, 0.15) is 11.5 Å². The Hall–Kier alpha value is -4.66.